The van der Waals surface area contributed by atoms with E-state index in [-0.39, 0.29) is 6.54 Å². The number of rotatable bonds is 9. The van der Waals surface area contributed by atoms with Gasteiger partial charge in [0.05, 0.1) is 24.9 Å². The number of carbonyl (C=O) groups excluding carboxylic acids is 2. The Morgan fingerprint density at radius 2 is 1.95 bits per heavy atom. The Hall–Kier alpha value is -4.05. The molecule has 0 radical (unpaired) electrons. The number of carboxylic acid groups (broad SMARTS) is 1. The summed E-state index contributed by atoms with van der Waals surface area (Å²) in [6, 6.07) is 4.38. The molecule has 0 saturated heterocycles. The topological polar surface area (TPSA) is 235 Å². The molecule has 0 aliphatic carbocycles. The number of hydrogen-bond donors (Lipinski definition) is 7. The highest BCUT2D eigenvalue weighted by Crippen LogP contribution is 2.25. The molecule has 204 valence electrons. The van der Waals surface area contributed by atoms with Crippen molar-refractivity contribution in [1.29, 1.82) is 0 Å². The SMILES string of the molecule is CC(=O)N[C@H]1[C@H]([C@H](O)[C@H](O)CO)OC(C(=O)O)=C[C@@H]1N=C(N)NC(=O)Cn1cc(-c2ccc(Cl)cc2)nn1. The minimum Gasteiger partial charge on any atom is -0.478 e. The molecule has 16 heteroatoms. The van der Waals surface area contributed by atoms with E-state index in [1.54, 1.807) is 24.3 Å². The zero-order valence-corrected chi connectivity index (χ0v) is 20.7. The van der Waals surface area contributed by atoms with Crippen LogP contribution in [0.5, 0.6) is 0 Å². The van der Waals surface area contributed by atoms with Gasteiger partial charge in [-0.2, -0.15) is 0 Å². The van der Waals surface area contributed by atoms with Crippen LogP contribution in [0.25, 0.3) is 11.3 Å². The van der Waals surface area contributed by atoms with Crippen LogP contribution in [-0.2, 0) is 25.7 Å². The lowest BCUT2D eigenvalue weighted by atomic mass is 9.92. The first-order valence-corrected chi connectivity index (χ1v) is 11.5. The monoisotopic (exact) mass is 551 g/mol. The average molecular weight is 552 g/mol. The van der Waals surface area contributed by atoms with E-state index in [1.807, 2.05) is 0 Å². The summed E-state index contributed by atoms with van der Waals surface area (Å²) in [4.78, 5) is 40.0. The minimum absolute atomic E-state index is 0.292. The van der Waals surface area contributed by atoms with Gasteiger partial charge in [0.15, 0.2) is 5.96 Å². The Balaban J connectivity index is 1.77. The molecule has 0 fully saturated rings. The number of nitrogens with two attached hydrogens (primary N) is 1. The fraction of sp³-hybridized carbons (Fsp3) is 0.364. The van der Waals surface area contributed by atoms with Crippen LogP contribution in [0.2, 0.25) is 5.02 Å². The number of guanidine groups is 1. The number of ether oxygens (including phenoxy) is 1. The van der Waals surface area contributed by atoms with Crippen LogP contribution in [0.1, 0.15) is 6.92 Å². The standard InChI is InChI=1S/C22H26ClN7O8/c1-10(32)25-18-13(6-16(21(36)37)38-20(18)19(35)15(33)9-31)26-22(24)27-17(34)8-30-7-14(28-29-30)11-2-4-12(23)5-3-11/h2-7,13,15,18-20,31,33,35H,8-9H2,1H3,(H,25,32)(H,36,37)(H3,24,26,27,34)/t13-,15+,18+,19+,20+/m0/s1. The summed E-state index contributed by atoms with van der Waals surface area (Å²) in [5.41, 5.74) is 7.10. The number of nitrogens with one attached hydrogen (secondary N) is 2. The van der Waals surface area contributed by atoms with Crippen LogP contribution in [0, 0.1) is 0 Å². The van der Waals surface area contributed by atoms with E-state index >= 15 is 0 Å². The molecule has 2 aromatic rings. The van der Waals surface area contributed by atoms with Gasteiger partial charge in [0.25, 0.3) is 0 Å². The normalized spacial score (nSPS) is 21.0. The van der Waals surface area contributed by atoms with Crippen molar-refractivity contribution in [3.63, 3.8) is 0 Å². The number of nitrogens with zero attached hydrogens (tertiary/aromatic N) is 4. The molecule has 1 aromatic carbocycles. The number of aliphatic hydroxyl groups excluding tert-OH is 3. The molecule has 15 nitrogen and oxygen atoms in total. The molecule has 5 atom stereocenters. The molecule has 1 aliphatic rings. The number of carbonyl (C=O) groups is 3. The van der Waals surface area contributed by atoms with Crippen LogP contribution in [0.3, 0.4) is 0 Å². The fourth-order valence-electron chi connectivity index (χ4n) is 3.61. The van der Waals surface area contributed by atoms with Crippen molar-refractivity contribution in [2.45, 2.75) is 43.9 Å². The van der Waals surface area contributed by atoms with Gasteiger partial charge < -0.3 is 36.2 Å². The summed E-state index contributed by atoms with van der Waals surface area (Å²) in [5.74, 6) is -3.84. The van der Waals surface area contributed by atoms with Gasteiger partial charge in [0.1, 0.15) is 30.6 Å². The number of halogens is 1. The predicted molar refractivity (Wildman–Crippen MR) is 131 cm³/mol. The van der Waals surface area contributed by atoms with Crippen LogP contribution < -0.4 is 16.4 Å². The number of aliphatic carboxylic acids is 1. The third-order valence-corrected chi connectivity index (χ3v) is 5.60. The zero-order chi connectivity index (χ0) is 28.0. The van der Waals surface area contributed by atoms with Crippen LogP contribution in [0.15, 0.2) is 47.3 Å². The summed E-state index contributed by atoms with van der Waals surface area (Å²) in [7, 11) is 0. The van der Waals surface area contributed by atoms with E-state index in [0.717, 1.165) is 18.6 Å². The van der Waals surface area contributed by atoms with Gasteiger partial charge >= 0.3 is 5.97 Å². The zero-order valence-electron chi connectivity index (χ0n) is 19.9. The molecule has 0 saturated carbocycles. The predicted octanol–water partition coefficient (Wildman–Crippen LogP) is -2.02. The molecule has 1 aliphatic heterocycles. The van der Waals surface area contributed by atoms with Crippen LogP contribution in [-0.4, -0.2) is 96.2 Å². The second-order valence-electron chi connectivity index (χ2n) is 8.25. The Labute approximate surface area is 220 Å². The third-order valence-electron chi connectivity index (χ3n) is 5.35. The molecule has 3 rings (SSSR count). The molecule has 38 heavy (non-hydrogen) atoms. The summed E-state index contributed by atoms with van der Waals surface area (Å²) >= 11 is 5.88. The summed E-state index contributed by atoms with van der Waals surface area (Å²) in [5, 5.41) is 52.1. The lowest BCUT2D eigenvalue weighted by Gasteiger charge is -2.38. The highest BCUT2D eigenvalue weighted by Gasteiger charge is 2.43. The highest BCUT2D eigenvalue weighted by molar-refractivity contribution is 6.30. The van der Waals surface area contributed by atoms with Crippen LogP contribution in [0.4, 0.5) is 0 Å². The summed E-state index contributed by atoms with van der Waals surface area (Å²) < 4.78 is 6.52. The maximum atomic E-state index is 12.5. The third kappa shape index (κ3) is 7.25. The maximum absolute atomic E-state index is 12.5. The number of aliphatic imine (C=N–C) groups is 1. The molecule has 1 aromatic heterocycles. The number of carboxylic acids is 1. The highest BCUT2D eigenvalue weighted by atomic mass is 35.5. The molecule has 2 amide bonds. The average Bonchev–Trinajstić information content (AvgIpc) is 3.32. The summed E-state index contributed by atoms with van der Waals surface area (Å²) in [6.07, 6.45) is -2.51. The quantitative estimate of drug-likeness (QED) is 0.133. The van der Waals surface area contributed by atoms with Crippen molar-refractivity contribution in [1.82, 2.24) is 25.6 Å². The van der Waals surface area contributed by atoms with Gasteiger partial charge in [-0.1, -0.05) is 28.9 Å². The van der Waals surface area contributed by atoms with Crippen molar-refractivity contribution in [3.8, 4) is 11.3 Å². The second kappa shape index (κ2) is 12.5. The molecule has 2 heterocycles. The maximum Gasteiger partial charge on any atom is 0.370 e. The van der Waals surface area contributed by atoms with E-state index < -0.39 is 66.5 Å². The first-order valence-electron chi connectivity index (χ1n) is 11.1. The fourth-order valence-corrected chi connectivity index (χ4v) is 3.74. The Kier molecular flexibility index (Phi) is 9.35. The number of hydrogen-bond acceptors (Lipinski definition) is 10. The molecule has 8 N–H and O–H groups in total. The summed E-state index contributed by atoms with van der Waals surface area (Å²) in [6.45, 7) is -0.00128. The number of aromatic nitrogens is 3. The molecular formula is C22H26ClN7O8. The van der Waals surface area contributed by atoms with E-state index in [4.69, 9.17) is 22.1 Å². The van der Waals surface area contributed by atoms with Gasteiger partial charge in [0.2, 0.25) is 17.6 Å². The van der Waals surface area contributed by atoms with E-state index in [9.17, 15) is 34.8 Å². The largest absolute Gasteiger partial charge is 0.478 e. The van der Waals surface area contributed by atoms with Gasteiger partial charge in [0, 0.05) is 17.5 Å². The van der Waals surface area contributed by atoms with Crippen molar-refractivity contribution < 1.29 is 39.5 Å². The molecule has 0 spiro atoms. The van der Waals surface area contributed by atoms with Gasteiger partial charge in [-0.3, -0.25) is 14.9 Å². The second-order valence-corrected chi connectivity index (χ2v) is 8.68. The lowest BCUT2D eigenvalue weighted by molar-refractivity contribution is -0.145. The minimum atomic E-state index is -1.81. The first kappa shape index (κ1) is 28.5. The van der Waals surface area contributed by atoms with Crippen molar-refractivity contribution in [2.24, 2.45) is 10.7 Å². The van der Waals surface area contributed by atoms with Gasteiger partial charge in [-0.05, 0) is 18.2 Å². The van der Waals surface area contributed by atoms with Crippen molar-refractivity contribution >= 4 is 35.3 Å². The van der Waals surface area contributed by atoms with Crippen molar-refractivity contribution in [2.75, 3.05) is 6.61 Å². The Morgan fingerprint density at radius 3 is 2.55 bits per heavy atom. The van der Waals surface area contributed by atoms with Crippen molar-refractivity contribution in [3.05, 3.63) is 47.3 Å². The smallest absolute Gasteiger partial charge is 0.370 e. The number of benzene rings is 1. The molecule has 0 unspecified atom stereocenters. The number of amides is 2. The van der Waals surface area contributed by atoms with Gasteiger partial charge in [-0.25, -0.2) is 14.5 Å². The number of aliphatic hydroxyl groups is 3. The van der Waals surface area contributed by atoms with E-state index in [0.29, 0.717) is 10.7 Å². The lowest BCUT2D eigenvalue weighted by Crippen LogP contribution is -2.60. The van der Waals surface area contributed by atoms with Gasteiger partial charge in [-0.15, -0.1) is 5.10 Å². The Bertz CT molecular complexity index is 1230. The van der Waals surface area contributed by atoms with Crippen LogP contribution >= 0.6 is 11.6 Å². The van der Waals surface area contributed by atoms with E-state index in [2.05, 4.69) is 25.9 Å². The molecule has 0 bridgehead atoms. The first-order chi connectivity index (χ1) is 18.0. The Morgan fingerprint density at radius 1 is 1.26 bits per heavy atom. The van der Waals surface area contributed by atoms with E-state index in [1.165, 1.54) is 10.9 Å². The molecular weight excluding hydrogens is 526 g/mol.